The number of halogens is 3. The molecule has 0 bridgehead atoms. The molecule has 0 unspecified atom stereocenters. The van der Waals surface area contributed by atoms with Gasteiger partial charge in [0.25, 0.3) is 0 Å². The van der Waals surface area contributed by atoms with E-state index in [-0.39, 0.29) is 12.5 Å². The largest absolute Gasteiger partial charge is 0.435 e. The molecular weight excluding hydrogens is 325 g/mol. The molecule has 1 atom stereocenters. The third kappa shape index (κ3) is 4.27. The molecule has 3 rings (SSSR count). The fourth-order valence-corrected chi connectivity index (χ4v) is 3.24. The molecule has 6 nitrogen and oxygen atoms in total. The van der Waals surface area contributed by atoms with E-state index in [1.807, 2.05) is 0 Å². The molecule has 0 aromatic carbocycles. The van der Waals surface area contributed by atoms with E-state index < -0.39 is 11.9 Å². The lowest BCUT2D eigenvalue weighted by atomic mass is 10.2. The Morgan fingerprint density at radius 1 is 1.38 bits per heavy atom. The molecule has 2 aliphatic heterocycles. The zero-order chi connectivity index (χ0) is 17.2. The summed E-state index contributed by atoms with van der Waals surface area (Å²) in [6.07, 6.45) is -0.739. The molecule has 0 saturated carbocycles. The van der Waals surface area contributed by atoms with E-state index in [0.717, 1.165) is 49.8 Å². The third-order valence-electron chi connectivity index (χ3n) is 4.59. The number of ether oxygens (including phenoxy) is 1. The smallest absolute Gasteiger partial charge is 0.372 e. The molecule has 1 aromatic rings. The predicted octanol–water partition coefficient (Wildman–Crippen LogP) is -0.192. The van der Waals surface area contributed by atoms with Gasteiger partial charge in [0.1, 0.15) is 19.2 Å². The standard InChI is InChI=1S/C15H21F3N4O2/c16-15(17,18)13-3-4-22(19-13)11-14(23)21-7-5-20(6-8-21)10-12-2-1-9-24-12/h3-4,12H,1-2,5-11H2/p+1/t12-/m0/s1. The average molecular weight is 347 g/mol. The first-order chi connectivity index (χ1) is 11.4. The topological polar surface area (TPSA) is 51.8 Å². The summed E-state index contributed by atoms with van der Waals surface area (Å²) in [4.78, 5) is 15.4. The van der Waals surface area contributed by atoms with Crippen molar-refractivity contribution in [1.29, 1.82) is 0 Å². The maximum absolute atomic E-state index is 12.5. The van der Waals surface area contributed by atoms with E-state index >= 15 is 0 Å². The Labute approximate surface area is 138 Å². The van der Waals surface area contributed by atoms with Gasteiger partial charge in [-0.25, -0.2) is 0 Å². The van der Waals surface area contributed by atoms with E-state index in [2.05, 4.69) is 5.10 Å². The Hall–Kier alpha value is -1.61. The first-order valence-electron chi connectivity index (χ1n) is 8.25. The van der Waals surface area contributed by atoms with Crippen LogP contribution < -0.4 is 4.90 Å². The van der Waals surface area contributed by atoms with Crippen molar-refractivity contribution in [2.24, 2.45) is 0 Å². The first kappa shape index (κ1) is 17.2. The van der Waals surface area contributed by atoms with Gasteiger partial charge in [0, 0.05) is 12.8 Å². The van der Waals surface area contributed by atoms with Crippen molar-refractivity contribution in [2.45, 2.75) is 31.7 Å². The zero-order valence-corrected chi connectivity index (χ0v) is 13.4. The normalized spacial score (nSPS) is 23.0. The first-order valence-corrected chi connectivity index (χ1v) is 8.25. The molecule has 9 heteroatoms. The second-order valence-electron chi connectivity index (χ2n) is 6.37. The molecule has 2 aliphatic rings. The van der Waals surface area contributed by atoms with Gasteiger partial charge in [-0.3, -0.25) is 9.48 Å². The number of rotatable bonds is 4. The number of aromatic nitrogens is 2. The fourth-order valence-electron chi connectivity index (χ4n) is 3.24. The number of quaternary nitrogens is 1. The number of carbonyl (C=O) groups is 1. The van der Waals surface area contributed by atoms with Crippen LogP contribution in [-0.4, -0.2) is 66.0 Å². The van der Waals surface area contributed by atoms with Gasteiger partial charge in [0.05, 0.1) is 26.2 Å². The highest BCUT2D eigenvalue weighted by atomic mass is 19.4. The number of amides is 1. The SMILES string of the molecule is O=C(Cn1ccc(C(F)(F)F)n1)N1CC[NH+](C[C@@H]2CCCO2)CC1. The van der Waals surface area contributed by atoms with Crippen LogP contribution >= 0.6 is 0 Å². The highest BCUT2D eigenvalue weighted by Gasteiger charge is 2.34. The number of nitrogens with zero attached hydrogens (tertiary/aromatic N) is 3. The van der Waals surface area contributed by atoms with Crippen LogP contribution in [0.3, 0.4) is 0 Å². The minimum atomic E-state index is -4.48. The van der Waals surface area contributed by atoms with Gasteiger partial charge in [-0.05, 0) is 18.9 Å². The Kier molecular flexibility index (Phi) is 5.09. The van der Waals surface area contributed by atoms with Gasteiger partial charge >= 0.3 is 6.18 Å². The number of hydrogen-bond acceptors (Lipinski definition) is 3. The lowest BCUT2D eigenvalue weighted by Gasteiger charge is -2.33. The average Bonchev–Trinajstić information content (AvgIpc) is 3.19. The molecule has 134 valence electrons. The minimum absolute atomic E-state index is 0.156. The molecule has 1 N–H and O–H groups in total. The molecule has 2 saturated heterocycles. The second-order valence-corrected chi connectivity index (χ2v) is 6.37. The van der Waals surface area contributed by atoms with Crippen LogP contribution in [0.4, 0.5) is 13.2 Å². The number of hydrogen-bond donors (Lipinski definition) is 1. The molecule has 2 fully saturated rings. The van der Waals surface area contributed by atoms with Crippen LogP contribution in [0, 0.1) is 0 Å². The summed E-state index contributed by atoms with van der Waals surface area (Å²) in [7, 11) is 0. The van der Waals surface area contributed by atoms with E-state index in [1.165, 1.54) is 11.1 Å². The summed E-state index contributed by atoms with van der Waals surface area (Å²) in [5.74, 6) is -0.192. The van der Waals surface area contributed by atoms with Crippen LogP contribution in [0.1, 0.15) is 18.5 Å². The van der Waals surface area contributed by atoms with E-state index in [9.17, 15) is 18.0 Å². The van der Waals surface area contributed by atoms with Crippen molar-refractivity contribution < 1.29 is 27.6 Å². The van der Waals surface area contributed by atoms with Crippen molar-refractivity contribution in [3.05, 3.63) is 18.0 Å². The van der Waals surface area contributed by atoms with Gasteiger partial charge in [-0.1, -0.05) is 0 Å². The third-order valence-corrected chi connectivity index (χ3v) is 4.59. The molecule has 0 radical (unpaired) electrons. The summed E-state index contributed by atoms with van der Waals surface area (Å²) in [6.45, 7) is 4.58. The van der Waals surface area contributed by atoms with Gasteiger partial charge < -0.3 is 14.5 Å². The van der Waals surface area contributed by atoms with Crippen molar-refractivity contribution >= 4 is 5.91 Å². The molecule has 0 aliphatic carbocycles. The van der Waals surface area contributed by atoms with Gasteiger partial charge in [0.15, 0.2) is 5.69 Å². The van der Waals surface area contributed by atoms with Crippen molar-refractivity contribution in [1.82, 2.24) is 14.7 Å². The number of alkyl halides is 3. The van der Waals surface area contributed by atoms with Gasteiger partial charge in [-0.2, -0.15) is 18.3 Å². The Morgan fingerprint density at radius 2 is 2.12 bits per heavy atom. The maximum Gasteiger partial charge on any atom is 0.435 e. The van der Waals surface area contributed by atoms with E-state index in [4.69, 9.17) is 4.74 Å². The number of piperazine rings is 1. The quantitative estimate of drug-likeness (QED) is 0.821. The Morgan fingerprint density at radius 3 is 2.71 bits per heavy atom. The summed E-state index contributed by atoms with van der Waals surface area (Å²) >= 11 is 0. The van der Waals surface area contributed by atoms with Crippen molar-refractivity contribution in [3.8, 4) is 0 Å². The van der Waals surface area contributed by atoms with E-state index in [0.29, 0.717) is 19.2 Å². The predicted molar refractivity (Wildman–Crippen MR) is 78.3 cm³/mol. The maximum atomic E-state index is 12.5. The Bertz CT molecular complexity index is 561. The summed E-state index contributed by atoms with van der Waals surface area (Å²) in [5.41, 5.74) is -0.971. The zero-order valence-electron chi connectivity index (χ0n) is 13.4. The molecular formula is C15H22F3N4O2+. The lowest BCUT2D eigenvalue weighted by Crippen LogP contribution is -3.15. The lowest BCUT2D eigenvalue weighted by molar-refractivity contribution is -0.906. The Balaban J connectivity index is 1.45. The van der Waals surface area contributed by atoms with Crippen LogP contribution in [0.5, 0.6) is 0 Å². The van der Waals surface area contributed by atoms with Crippen LogP contribution in [-0.2, 0) is 22.3 Å². The van der Waals surface area contributed by atoms with Crippen LogP contribution in [0.25, 0.3) is 0 Å². The second kappa shape index (κ2) is 7.10. The summed E-state index contributed by atoms with van der Waals surface area (Å²) in [6, 6.07) is 0.886. The van der Waals surface area contributed by atoms with Gasteiger partial charge in [0.2, 0.25) is 5.91 Å². The molecule has 1 aromatic heterocycles. The molecule has 0 spiro atoms. The summed E-state index contributed by atoms with van der Waals surface area (Å²) < 4.78 is 44.2. The van der Waals surface area contributed by atoms with Gasteiger partial charge in [-0.15, -0.1) is 0 Å². The fraction of sp³-hybridized carbons (Fsp3) is 0.733. The van der Waals surface area contributed by atoms with Crippen LogP contribution in [0.2, 0.25) is 0 Å². The van der Waals surface area contributed by atoms with Crippen molar-refractivity contribution in [2.75, 3.05) is 39.3 Å². The van der Waals surface area contributed by atoms with E-state index in [1.54, 1.807) is 4.90 Å². The summed E-state index contributed by atoms with van der Waals surface area (Å²) in [5, 5.41) is 3.42. The number of carbonyl (C=O) groups excluding carboxylic acids is 1. The van der Waals surface area contributed by atoms with Crippen molar-refractivity contribution in [3.63, 3.8) is 0 Å². The minimum Gasteiger partial charge on any atom is -0.372 e. The highest BCUT2D eigenvalue weighted by Crippen LogP contribution is 2.27. The molecule has 3 heterocycles. The monoisotopic (exact) mass is 347 g/mol. The highest BCUT2D eigenvalue weighted by molar-refractivity contribution is 5.75. The van der Waals surface area contributed by atoms with Crippen LogP contribution in [0.15, 0.2) is 12.3 Å². The molecule has 1 amide bonds. The molecule has 24 heavy (non-hydrogen) atoms. The number of nitrogens with one attached hydrogen (secondary N) is 1.